The summed E-state index contributed by atoms with van der Waals surface area (Å²) in [6.45, 7) is 7.39. The minimum Gasteiger partial charge on any atom is -0.368 e. The number of piperazine rings is 1. The molecule has 0 spiro atoms. The third kappa shape index (κ3) is 4.28. The monoisotopic (exact) mass is 461 g/mol. The highest BCUT2D eigenvalue weighted by Crippen LogP contribution is 2.35. The molecule has 5 rings (SSSR count). The lowest BCUT2D eigenvalue weighted by atomic mass is 9.96. The number of hydrogen-bond donors (Lipinski definition) is 1. The highest BCUT2D eigenvalue weighted by Gasteiger charge is 2.42. The number of rotatable bonds is 3. The second kappa shape index (κ2) is 8.76. The number of halogens is 3. The molecule has 0 unspecified atom stereocenters. The maximum atomic E-state index is 13.5. The zero-order valence-corrected chi connectivity index (χ0v) is 18.8. The van der Waals surface area contributed by atoms with Crippen LogP contribution in [0, 0.1) is 5.92 Å². The van der Waals surface area contributed by atoms with Gasteiger partial charge in [0.25, 0.3) is 0 Å². The molecule has 3 fully saturated rings. The summed E-state index contributed by atoms with van der Waals surface area (Å²) in [6, 6.07) is 8.30. The van der Waals surface area contributed by atoms with E-state index in [4.69, 9.17) is 0 Å². The van der Waals surface area contributed by atoms with E-state index in [0.717, 1.165) is 51.0 Å². The molecule has 0 saturated carbocycles. The summed E-state index contributed by atoms with van der Waals surface area (Å²) in [7, 11) is 0. The Morgan fingerprint density at radius 3 is 2.45 bits per heavy atom. The highest BCUT2D eigenvalue weighted by molar-refractivity contribution is 5.92. The van der Waals surface area contributed by atoms with Gasteiger partial charge in [-0.2, -0.15) is 13.2 Å². The summed E-state index contributed by atoms with van der Waals surface area (Å²) >= 11 is 0. The van der Waals surface area contributed by atoms with E-state index in [1.165, 1.54) is 6.07 Å². The van der Waals surface area contributed by atoms with Gasteiger partial charge in [-0.1, -0.05) is 25.1 Å². The van der Waals surface area contributed by atoms with Crippen molar-refractivity contribution in [2.75, 3.05) is 50.7 Å². The molecule has 6 nitrogen and oxygen atoms in total. The van der Waals surface area contributed by atoms with Gasteiger partial charge in [0.1, 0.15) is 5.69 Å². The van der Waals surface area contributed by atoms with Crippen molar-refractivity contribution in [1.29, 1.82) is 0 Å². The molecule has 33 heavy (non-hydrogen) atoms. The minimum atomic E-state index is -4.48. The third-order valence-corrected chi connectivity index (χ3v) is 7.47. The number of pyridine rings is 1. The summed E-state index contributed by atoms with van der Waals surface area (Å²) in [5.74, 6) is 0.410. The number of hydrogen-bond acceptors (Lipinski definition) is 5. The van der Waals surface area contributed by atoms with Crippen molar-refractivity contribution in [3.8, 4) is 0 Å². The van der Waals surface area contributed by atoms with Crippen LogP contribution in [0.2, 0.25) is 0 Å². The Morgan fingerprint density at radius 1 is 1.06 bits per heavy atom. The number of carbonyl (C=O) groups is 1. The van der Waals surface area contributed by atoms with E-state index in [0.29, 0.717) is 24.3 Å². The van der Waals surface area contributed by atoms with Crippen molar-refractivity contribution in [2.45, 2.75) is 38.0 Å². The quantitative estimate of drug-likeness (QED) is 0.762. The van der Waals surface area contributed by atoms with E-state index in [2.05, 4.69) is 22.1 Å². The van der Waals surface area contributed by atoms with Gasteiger partial charge in [0.2, 0.25) is 5.91 Å². The van der Waals surface area contributed by atoms with Crippen LogP contribution in [0.4, 0.5) is 18.9 Å². The first-order valence-electron chi connectivity index (χ1n) is 11.8. The smallest absolute Gasteiger partial charge is 0.368 e. The molecule has 3 atom stereocenters. The number of alkyl halides is 3. The first-order chi connectivity index (χ1) is 15.8. The van der Waals surface area contributed by atoms with Crippen LogP contribution in [0.3, 0.4) is 0 Å². The van der Waals surface area contributed by atoms with Gasteiger partial charge in [-0.05, 0) is 30.9 Å². The summed E-state index contributed by atoms with van der Waals surface area (Å²) in [5.41, 5.74) is 0.101. The van der Waals surface area contributed by atoms with Crippen molar-refractivity contribution in [3.63, 3.8) is 0 Å². The fourth-order valence-corrected chi connectivity index (χ4v) is 5.61. The second-order valence-electron chi connectivity index (χ2n) is 9.41. The lowest BCUT2D eigenvalue weighted by Gasteiger charge is -2.41. The Morgan fingerprint density at radius 2 is 1.76 bits per heavy atom. The standard InChI is InChI=1S/C24H30F3N5O/c1-16-20(15-28-22(16)23(33)32-8-4-5-9-32)31-12-10-30(11-13-31)19-14-21(24(25,26)27)29-18-7-3-2-6-17(18)19/h2-3,6-7,14,16,20,22,28H,4-5,8-13,15H2,1H3/t16-,20+,22-/m0/s1. The number of anilines is 1. The molecule has 3 aliphatic heterocycles. The van der Waals surface area contributed by atoms with Crippen molar-refractivity contribution in [3.05, 3.63) is 36.0 Å². The summed E-state index contributed by atoms with van der Waals surface area (Å²) < 4.78 is 40.4. The normalized spacial score (nSPS) is 27.0. The van der Waals surface area contributed by atoms with Gasteiger partial charge < -0.3 is 15.1 Å². The van der Waals surface area contributed by atoms with Gasteiger partial charge in [0, 0.05) is 62.9 Å². The van der Waals surface area contributed by atoms with Crippen LogP contribution in [0.25, 0.3) is 10.9 Å². The van der Waals surface area contributed by atoms with Crippen LogP contribution in [-0.4, -0.2) is 78.6 Å². The van der Waals surface area contributed by atoms with Gasteiger partial charge in [0.05, 0.1) is 11.6 Å². The number of nitrogens with zero attached hydrogens (tertiary/aromatic N) is 4. The van der Waals surface area contributed by atoms with Crippen LogP contribution in [0.5, 0.6) is 0 Å². The Bertz CT molecular complexity index is 1010. The van der Waals surface area contributed by atoms with Crippen molar-refractivity contribution in [1.82, 2.24) is 20.1 Å². The molecule has 1 aromatic carbocycles. The Hall–Kier alpha value is -2.39. The van der Waals surface area contributed by atoms with Gasteiger partial charge in [-0.3, -0.25) is 9.69 Å². The molecule has 4 heterocycles. The van der Waals surface area contributed by atoms with Crippen LogP contribution < -0.4 is 10.2 Å². The number of amides is 1. The molecule has 9 heteroatoms. The molecule has 1 amide bonds. The number of para-hydroxylation sites is 1. The van der Waals surface area contributed by atoms with E-state index >= 15 is 0 Å². The van der Waals surface area contributed by atoms with Crippen LogP contribution in [-0.2, 0) is 11.0 Å². The van der Waals surface area contributed by atoms with E-state index < -0.39 is 11.9 Å². The average Bonchev–Trinajstić information content (AvgIpc) is 3.48. The fraction of sp³-hybridized carbons (Fsp3) is 0.583. The maximum absolute atomic E-state index is 13.5. The first-order valence-corrected chi connectivity index (χ1v) is 11.8. The number of likely N-dealkylation sites (tertiary alicyclic amines) is 1. The zero-order chi connectivity index (χ0) is 23.2. The Balaban J connectivity index is 1.29. The largest absolute Gasteiger partial charge is 0.433 e. The second-order valence-corrected chi connectivity index (χ2v) is 9.41. The fourth-order valence-electron chi connectivity index (χ4n) is 5.61. The molecule has 0 radical (unpaired) electrons. The SMILES string of the molecule is C[C@@H]1[C@@H](C(=O)N2CCCC2)NC[C@H]1N1CCN(c2cc(C(F)(F)F)nc3ccccc23)CC1. The summed E-state index contributed by atoms with van der Waals surface area (Å²) in [6.07, 6.45) is -2.32. The van der Waals surface area contributed by atoms with Crippen LogP contribution in [0.1, 0.15) is 25.5 Å². The van der Waals surface area contributed by atoms with Gasteiger partial charge >= 0.3 is 6.18 Å². The lowest BCUT2D eigenvalue weighted by Crippen LogP contribution is -2.53. The molecule has 2 aromatic rings. The topological polar surface area (TPSA) is 51.7 Å². The van der Waals surface area contributed by atoms with Gasteiger partial charge in [-0.25, -0.2) is 4.98 Å². The van der Waals surface area contributed by atoms with E-state index in [1.54, 1.807) is 12.1 Å². The van der Waals surface area contributed by atoms with Crippen molar-refractivity contribution >= 4 is 22.5 Å². The average molecular weight is 462 g/mol. The Labute approximate surface area is 191 Å². The number of benzene rings is 1. The molecular weight excluding hydrogens is 431 g/mol. The number of fused-ring (bicyclic) bond motifs is 1. The minimum absolute atomic E-state index is 0.149. The number of aromatic nitrogens is 1. The molecule has 0 bridgehead atoms. The molecular formula is C24H30F3N5O. The van der Waals surface area contributed by atoms with Gasteiger partial charge in [-0.15, -0.1) is 0 Å². The van der Waals surface area contributed by atoms with Gasteiger partial charge in [0.15, 0.2) is 0 Å². The van der Waals surface area contributed by atoms with Crippen LogP contribution >= 0.6 is 0 Å². The van der Waals surface area contributed by atoms with Crippen molar-refractivity contribution in [2.24, 2.45) is 5.92 Å². The molecule has 178 valence electrons. The number of carbonyl (C=O) groups excluding carboxylic acids is 1. The van der Waals surface area contributed by atoms with Crippen LogP contribution in [0.15, 0.2) is 30.3 Å². The number of nitrogens with one attached hydrogen (secondary N) is 1. The summed E-state index contributed by atoms with van der Waals surface area (Å²) in [4.78, 5) is 23.1. The predicted octanol–water partition coefficient (Wildman–Crippen LogP) is 2.97. The van der Waals surface area contributed by atoms with E-state index in [9.17, 15) is 18.0 Å². The maximum Gasteiger partial charge on any atom is 0.433 e. The Kier molecular flexibility index (Phi) is 5.95. The summed E-state index contributed by atoms with van der Waals surface area (Å²) in [5, 5.41) is 4.18. The molecule has 3 aliphatic rings. The van der Waals surface area contributed by atoms with E-state index in [-0.39, 0.29) is 23.9 Å². The first kappa shape index (κ1) is 22.4. The predicted molar refractivity (Wildman–Crippen MR) is 121 cm³/mol. The molecule has 0 aliphatic carbocycles. The lowest BCUT2D eigenvalue weighted by molar-refractivity contribution is -0.141. The zero-order valence-electron chi connectivity index (χ0n) is 18.8. The third-order valence-electron chi connectivity index (χ3n) is 7.47. The van der Waals surface area contributed by atoms with E-state index in [1.807, 2.05) is 21.9 Å². The van der Waals surface area contributed by atoms with Crippen molar-refractivity contribution < 1.29 is 18.0 Å². The molecule has 1 aromatic heterocycles. The molecule has 1 N–H and O–H groups in total. The molecule has 3 saturated heterocycles. The highest BCUT2D eigenvalue weighted by atomic mass is 19.4.